The molecule has 232 valence electrons. The molecule has 1 aliphatic rings. The zero-order valence-electron chi connectivity index (χ0n) is 24.6. The number of nitrogens with zero attached hydrogens (tertiary/aromatic N) is 7. The van der Waals surface area contributed by atoms with Crippen molar-refractivity contribution >= 4 is 28.8 Å². The van der Waals surface area contributed by atoms with Crippen LogP contribution in [0.5, 0.6) is 11.6 Å². The van der Waals surface area contributed by atoms with Gasteiger partial charge < -0.3 is 20.1 Å². The maximum atomic E-state index is 12.8. The quantitative estimate of drug-likeness (QED) is 0.220. The summed E-state index contributed by atoms with van der Waals surface area (Å²) in [6.07, 6.45) is 0.612. The number of anilines is 4. The number of ether oxygens (including phenoxy) is 2. The van der Waals surface area contributed by atoms with Crippen molar-refractivity contribution in [1.82, 2.24) is 34.6 Å². The minimum atomic E-state index is -4.25. The molecule has 1 aliphatic heterocycles. The third-order valence-electron chi connectivity index (χ3n) is 6.92. The van der Waals surface area contributed by atoms with Crippen LogP contribution >= 0.6 is 0 Å². The number of Topliss-reactive ketones (excluding diaryl/α,β-unsaturated/α-hetero) is 1. The Labute approximate surface area is 251 Å². The third-order valence-corrected chi connectivity index (χ3v) is 6.92. The van der Waals surface area contributed by atoms with E-state index in [1.165, 1.54) is 17.3 Å². The largest absolute Gasteiger partial charge is 0.494 e. The first-order valence-corrected chi connectivity index (χ1v) is 13.9. The smallest absolute Gasteiger partial charge is 0.401 e. The van der Waals surface area contributed by atoms with Crippen molar-refractivity contribution in [1.29, 1.82) is 0 Å². The maximum Gasteiger partial charge on any atom is 0.401 e. The van der Waals surface area contributed by atoms with Crippen LogP contribution in [0.25, 0.3) is 11.4 Å². The molecule has 0 amide bonds. The van der Waals surface area contributed by atoms with Gasteiger partial charge in [0.05, 0.1) is 42.4 Å². The number of ketones is 1. The van der Waals surface area contributed by atoms with E-state index in [4.69, 9.17) is 9.47 Å². The van der Waals surface area contributed by atoms with E-state index in [1.54, 1.807) is 45.1 Å². The lowest BCUT2D eigenvalue weighted by atomic mass is 10.1. The Balaban J connectivity index is 1.35. The van der Waals surface area contributed by atoms with E-state index in [0.29, 0.717) is 64.4 Å². The Kier molecular flexibility index (Phi) is 8.94. The number of carbonyl (C=O) groups is 1. The van der Waals surface area contributed by atoms with Crippen LogP contribution in [0.4, 0.5) is 36.2 Å². The third kappa shape index (κ3) is 7.22. The summed E-state index contributed by atoms with van der Waals surface area (Å²) in [4.78, 5) is 31.7. The summed E-state index contributed by atoms with van der Waals surface area (Å²) in [6.45, 7) is 2.97. The fourth-order valence-corrected chi connectivity index (χ4v) is 4.91. The first-order valence-electron chi connectivity index (χ1n) is 13.9. The first-order chi connectivity index (χ1) is 21.0. The molecule has 1 saturated heterocycles. The van der Waals surface area contributed by atoms with Crippen molar-refractivity contribution in [2.75, 3.05) is 37.4 Å². The van der Waals surface area contributed by atoms with Gasteiger partial charge in [0.15, 0.2) is 23.2 Å². The predicted molar refractivity (Wildman–Crippen MR) is 157 cm³/mol. The number of likely N-dealkylation sites (tertiary alicyclic amines) is 1. The van der Waals surface area contributed by atoms with Crippen LogP contribution < -0.4 is 20.1 Å². The van der Waals surface area contributed by atoms with Gasteiger partial charge in [-0.25, -0.2) is 19.9 Å². The second-order valence-electron chi connectivity index (χ2n) is 10.3. The molecule has 0 aliphatic carbocycles. The van der Waals surface area contributed by atoms with Crippen molar-refractivity contribution < 1.29 is 27.4 Å². The highest BCUT2D eigenvalue weighted by atomic mass is 19.4. The molecule has 1 atom stereocenters. The fourth-order valence-electron chi connectivity index (χ4n) is 4.91. The topological polar surface area (TPSA) is 132 Å². The number of aromatic nitrogens is 6. The van der Waals surface area contributed by atoms with Crippen molar-refractivity contribution in [2.24, 2.45) is 7.05 Å². The zero-order valence-corrected chi connectivity index (χ0v) is 24.6. The van der Waals surface area contributed by atoms with Crippen LogP contribution in [-0.2, 0) is 7.05 Å². The molecule has 4 heterocycles. The molecule has 2 N–H and O–H groups in total. The number of rotatable bonds is 11. The summed E-state index contributed by atoms with van der Waals surface area (Å²) in [5, 5.41) is 10.8. The Morgan fingerprint density at radius 1 is 1.11 bits per heavy atom. The molecule has 0 spiro atoms. The Morgan fingerprint density at radius 2 is 1.93 bits per heavy atom. The number of aryl methyl sites for hydroxylation is 2. The van der Waals surface area contributed by atoms with Gasteiger partial charge in [-0.1, -0.05) is 13.0 Å². The average Bonchev–Trinajstić information content (AvgIpc) is 3.61. The van der Waals surface area contributed by atoms with Gasteiger partial charge >= 0.3 is 6.18 Å². The molecule has 0 radical (unpaired) electrons. The normalized spacial score (nSPS) is 15.3. The average molecular weight is 612 g/mol. The number of alkyl halides is 3. The van der Waals surface area contributed by atoms with Gasteiger partial charge in [0.1, 0.15) is 23.9 Å². The molecule has 0 bridgehead atoms. The number of carbonyl (C=O) groups excluding carboxylic acids is 1. The number of halogens is 3. The Bertz CT molecular complexity index is 1640. The minimum Gasteiger partial charge on any atom is -0.494 e. The number of pyridine rings is 1. The molecule has 0 unspecified atom stereocenters. The molecule has 3 aromatic heterocycles. The van der Waals surface area contributed by atoms with E-state index in [-0.39, 0.29) is 24.6 Å². The SMILES string of the molecule is CCC(=O)c1cnc(Nc2cnc(O[C@@H]3CCN(CC(F)(F)F)C3)c(C)n2)cc1Nc1cccc(-c2ncn(C)n2)c1OC. The highest BCUT2D eigenvalue weighted by Gasteiger charge is 2.35. The summed E-state index contributed by atoms with van der Waals surface area (Å²) in [7, 11) is 3.32. The minimum absolute atomic E-state index is 0.106. The molecule has 4 aromatic rings. The lowest BCUT2D eigenvalue weighted by Gasteiger charge is -2.18. The molecule has 1 aromatic carbocycles. The number of hydrogen-bond donors (Lipinski definition) is 2. The molecule has 0 saturated carbocycles. The van der Waals surface area contributed by atoms with Gasteiger partial charge in [0.2, 0.25) is 5.88 Å². The molecule has 1 fully saturated rings. The zero-order chi connectivity index (χ0) is 31.4. The van der Waals surface area contributed by atoms with E-state index >= 15 is 0 Å². The van der Waals surface area contributed by atoms with Crippen molar-refractivity contribution in [3.63, 3.8) is 0 Å². The summed E-state index contributed by atoms with van der Waals surface area (Å²) in [6, 6.07) is 7.18. The molecule has 5 rings (SSSR count). The molecule has 12 nitrogen and oxygen atoms in total. The van der Waals surface area contributed by atoms with Crippen LogP contribution in [0.1, 0.15) is 35.8 Å². The van der Waals surface area contributed by atoms with Crippen molar-refractivity contribution in [3.05, 3.63) is 54.2 Å². The van der Waals surface area contributed by atoms with Crippen LogP contribution in [0.15, 0.2) is 43.0 Å². The number of para-hydroxylation sites is 1. The molecular weight excluding hydrogens is 579 g/mol. The monoisotopic (exact) mass is 611 g/mol. The fraction of sp³-hybridized carbons (Fsp3) is 0.379. The van der Waals surface area contributed by atoms with Crippen LogP contribution in [0, 0.1) is 6.92 Å². The van der Waals surface area contributed by atoms with Crippen LogP contribution in [0.3, 0.4) is 0 Å². The lowest BCUT2D eigenvalue weighted by molar-refractivity contribution is -0.144. The van der Waals surface area contributed by atoms with E-state index in [9.17, 15) is 18.0 Å². The van der Waals surface area contributed by atoms with Gasteiger partial charge in [-0.3, -0.25) is 14.4 Å². The summed E-state index contributed by atoms with van der Waals surface area (Å²) in [5.41, 5.74) is 2.62. The molecule has 15 heteroatoms. The van der Waals surface area contributed by atoms with Gasteiger partial charge in [-0.2, -0.15) is 18.3 Å². The van der Waals surface area contributed by atoms with E-state index in [2.05, 4.69) is 35.7 Å². The van der Waals surface area contributed by atoms with Gasteiger partial charge in [0, 0.05) is 38.8 Å². The summed E-state index contributed by atoms with van der Waals surface area (Å²) < 4.78 is 51.4. The number of hydrogen-bond acceptors (Lipinski definition) is 11. The van der Waals surface area contributed by atoms with Crippen molar-refractivity contribution in [2.45, 2.75) is 39.0 Å². The van der Waals surface area contributed by atoms with E-state index in [1.807, 2.05) is 18.2 Å². The number of methoxy groups -OCH3 is 1. The first kappa shape index (κ1) is 30.7. The summed E-state index contributed by atoms with van der Waals surface area (Å²) >= 11 is 0. The van der Waals surface area contributed by atoms with Crippen molar-refractivity contribution in [3.8, 4) is 23.0 Å². The Morgan fingerprint density at radius 3 is 2.61 bits per heavy atom. The highest BCUT2D eigenvalue weighted by molar-refractivity contribution is 6.02. The van der Waals surface area contributed by atoms with Gasteiger partial charge in [0.25, 0.3) is 0 Å². The maximum absolute atomic E-state index is 12.8. The van der Waals surface area contributed by atoms with E-state index < -0.39 is 18.8 Å². The predicted octanol–water partition coefficient (Wildman–Crippen LogP) is 5.08. The molecular formula is C29H32F3N9O3. The number of benzene rings is 1. The second-order valence-corrected chi connectivity index (χ2v) is 10.3. The molecule has 44 heavy (non-hydrogen) atoms. The standard InChI is InChI=1S/C29H32F3N9O3/c1-5-23(42)20-12-33-24(11-22(20)37-21-8-6-7-19(26(21)43-4)27-35-16-40(3)39-27)38-25-13-34-28(17(2)36-25)44-18-9-10-41(14-18)15-29(30,31)32/h6-8,11-13,16,18H,5,9-10,14-15H2,1-4H3,(H2,33,36,37,38)/t18-/m1/s1. The van der Waals surface area contributed by atoms with Gasteiger partial charge in [-0.15, -0.1) is 0 Å². The second kappa shape index (κ2) is 12.8. The number of nitrogens with one attached hydrogen (secondary N) is 2. The van der Waals surface area contributed by atoms with Crippen LogP contribution in [0.2, 0.25) is 0 Å². The van der Waals surface area contributed by atoms with E-state index in [0.717, 1.165) is 0 Å². The summed E-state index contributed by atoms with van der Waals surface area (Å²) in [5.74, 6) is 1.90. The van der Waals surface area contributed by atoms with Gasteiger partial charge in [-0.05, 0) is 25.5 Å². The Hall–Kier alpha value is -4.79. The van der Waals surface area contributed by atoms with Crippen LogP contribution in [-0.4, -0.2) is 79.4 Å². The highest BCUT2D eigenvalue weighted by Crippen LogP contribution is 2.37. The lowest BCUT2D eigenvalue weighted by Crippen LogP contribution is -2.34.